The first-order valence-electron chi connectivity index (χ1n) is 12.5. The van der Waals surface area contributed by atoms with E-state index < -0.39 is 27.3 Å². The molecule has 1 amide bonds. The number of halogens is 3. The lowest BCUT2D eigenvalue weighted by molar-refractivity contribution is -0.384. The lowest BCUT2D eigenvalue weighted by atomic mass is 10.1. The highest BCUT2D eigenvalue weighted by molar-refractivity contribution is 5.78. The van der Waals surface area contributed by atoms with E-state index in [0.29, 0.717) is 37.9 Å². The van der Waals surface area contributed by atoms with E-state index >= 15 is 0 Å². The summed E-state index contributed by atoms with van der Waals surface area (Å²) in [4.78, 5) is 41.6. The number of hydrogen-bond acceptors (Lipinski definition) is 8. The monoisotopic (exact) mass is 550 g/mol. The minimum Gasteiger partial charge on any atom is -0.368 e. The molecular formula is C25H29F3N6O5. The number of piperazine rings is 2. The van der Waals surface area contributed by atoms with Crippen molar-refractivity contribution in [2.24, 2.45) is 5.92 Å². The zero-order valence-corrected chi connectivity index (χ0v) is 21.6. The fourth-order valence-electron chi connectivity index (χ4n) is 4.97. The third-order valence-corrected chi connectivity index (χ3v) is 7.07. The van der Waals surface area contributed by atoms with Crippen molar-refractivity contribution in [3.8, 4) is 0 Å². The molecule has 2 aliphatic rings. The molecule has 0 aliphatic carbocycles. The van der Waals surface area contributed by atoms with E-state index in [1.807, 2.05) is 23.6 Å². The topological polar surface area (TPSA) is 116 Å². The second-order valence-corrected chi connectivity index (χ2v) is 9.83. The van der Waals surface area contributed by atoms with E-state index in [9.17, 15) is 38.2 Å². The average molecular weight is 551 g/mol. The summed E-state index contributed by atoms with van der Waals surface area (Å²) in [6.45, 7) is 6.98. The number of carbonyl (C=O) groups excluding carboxylic acids is 1. The van der Waals surface area contributed by atoms with Crippen molar-refractivity contribution in [3.63, 3.8) is 0 Å². The van der Waals surface area contributed by atoms with Gasteiger partial charge in [0, 0.05) is 76.1 Å². The molecule has 0 atom stereocenters. The first-order valence-corrected chi connectivity index (χ1v) is 12.5. The number of rotatable bonds is 6. The molecule has 2 aromatic carbocycles. The van der Waals surface area contributed by atoms with Crippen LogP contribution >= 0.6 is 0 Å². The molecule has 0 radical (unpaired) electrons. The Morgan fingerprint density at radius 2 is 1.31 bits per heavy atom. The van der Waals surface area contributed by atoms with Crippen LogP contribution in [0.3, 0.4) is 0 Å². The molecule has 4 rings (SSSR count). The van der Waals surface area contributed by atoms with Crippen molar-refractivity contribution >= 4 is 34.3 Å². The van der Waals surface area contributed by atoms with Crippen LogP contribution < -0.4 is 14.7 Å². The van der Waals surface area contributed by atoms with Gasteiger partial charge in [-0.2, -0.15) is 13.2 Å². The second-order valence-electron chi connectivity index (χ2n) is 9.83. The zero-order valence-electron chi connectivity index (χ0n) is 21.6. The fraction of sp³-hybridized carbons (Fsp3) is 0.480. The van der Waals surface area contributed by atoms with Gasteiger partial charge in [0.15, 0.2) is 0 Å². The molecule has 0 N–H and O–H groups in total. The van der Waals surface area contributed by atoms with Gasteiger partial charge in [0.05, 0.1) is 15.4 Å². The first-order chi connectivity index (χ1) is 18.4. The molecule has 14 heteroatoms. The number of carbonyl (C=O) groups is 1. The van der Waals surface area contributed by atoms with Gasteiger partial charge >= 0.3 is 6.18 Å². The third kappa shape index (κ3) is 5.99. The molecule has 2 heterocycles. The Kier molecular flexibility index (Phi) is 7.84. The number of nitrogens with zero attached hydrogens (tertiary/aromatic N) is 6. The quantitative estimate of drug-likeness (QED) is 0.389. The Labute approximate surface area is 222 Å². The summed E-state index contributed by atoms with van der Waals surface area (Å²) < 4.78 is 39.2. The fourth-order valence-corrected chi connectivity index (χ4v) is 4.97. The minimum absolute atomic E-state index is 0.0738. The summed E-state index contributed by atoms with van der Waals surface area (Å²) in [6.07, 6.45) is -4.71. The van der Waals surface area contributed by atoms with Crippen molar-refractivity contribution in [1.29, 1.82) is 0 Å². The maximum atomic E-state index is 13.1. The lowest BCUT2D eigenvalue weighted by Crippen LogP contribution is -2.50. The lowest BCUT2D eigenvalue weighted by Gasteiger charge is -2.38. The van der Waals surface area contributed by atoms with E-state index in [0.717, 1.165) is 17.8 Å². The molecule has 2 saturated heterocycles. The third-order valence-electron chi connectivity index (χ3n) is 7.07. The first kappa shape index (κ1) is 27.9. The average Bonchev–Trinajstić information content (AvgIpc) is 2.91. The van der Waals surface area contributed by atoms with E-state index in [-0.39, 0.29) is 49.4 Å². The Morgan fingerprint density at radius 3 is 1.82 bits per heavy atom. The van der Waals surface area contributed by atoms with Crippen LogP contribution in [0.25, 0.3) is 0 Å². The van der Waals surface area contributed by atoms with Crippen LogP contribution in [0.2, 0.25) is 0 Å². The van der Waals surface area contributed by atoms with Crippen LogP contribution in [0.4, 0.5) is 41.6 Å². The van der Waals surface area contributed by atoms with Gasteiger partial charge in [-0.3, -0.25) is 25.0 Å². The summed E-state index contributed by atoms with van der Waals surface area (Å²) in [5.41, 5.74) is -0.557. The van der Waals surface area contributed by atoms with Gasteiger partial charge in [0.1, 0.15) is 11.4 Å². The maximum Gasteiger partial charge on any atom is 0.416 e. The largest absolute Gasteiger partial charge is 0.416 e. The van der Waals surface area contributed by atoms with Crippen LogP contribution in [0, 0.1) is 26.1 Å². The molecule has 0 saturated carbocycles. The Morgan fingerprint density at radius 1 is 0.769 bits per heavy atom. The van der Waals surface area contributed by atoms with Gasteiger partial charge in [-0.15, -0.1) is 0 Å². The van der Waals surface area contributed by atoms with Crippen LogP contribution in [0.15, 0.2) is 36.4 Å². The van der Waals surface area contributed by atoms with E-state index in [2.05, 4.69) is 4.90 Å². The second kappa shape index (κ2) is 10.9. The highest BCUT2D eigenvalue weighted by Crippen LogP contribution is 2.38. The predicted molar refractivity (Wildman–Crippen MR) is 139 cm³/mol. The molecule has 0 unspecified atom stereocenters. The molecule has 0 bridgehead atoms. The van der Waals surface area contributed by atoms with Gasteiger partial charge in [0.25, 0.3) is 11.4 Å². The van der Waals surface area contributed by atoms with Gasteiger partial charge in [0.2, 0.25) is 5.91 Å². The van der Waals surface area contributed by atoms with Crippen LogP contribution in [0.1, 0.15) is 19.4 Å². The number of benzene rings is 2. The van der Waals surface area contributed by atoms with E-state index in [1.165, 1.54) is 6.07 Å². The van der Waals surface area contributed by atoms with Crippen molar-refractivity contribution < 1.29 is 27.8 Å². The molecule has 0 spiro atoms. The van der Waals surface area contributed by atoms with Crippen molar-refractivity contribution in [3.05, 3.63) is 62.2 Å². The van der Waals surface area contributed by atoms with Crippen molar-refractivity contribution in [2.75, 3.05) is 67.1 Å². The normalized spacial score (nSPS) is 16.6. The van der Waals surface area contributed by atoms with E-state index in [1.54, 1.807) is 17.0 Å². The van der Waals surface area contributed by atoms with Gasteiger partial charge in [-0.25, -0.2) is 0 Å². The summed E-state index contributed by atoms with van der Waals surface area (Å²) in [6, 6.07) is 7.33. The molecule has 0 aromatic heterocycles. The molecule has 210 valence electrons. The Bertz CT molecular complexity index is 1260. The summed E-state index contributed by atoms with van der Waals surface area (Å²) in [7, 11) is 0. The molecular weight excluding hydrogens is 521 g/mol. The highest BCUT2D eigenvalue weighted by Gasteiger charge is 2.35. The zero-order chi connectivity index (χ0) is 28.5. The number of amides is 1. The molecule has 39 heavy (non-hydrogen) atoms. The van der Waals surface area contributed by atoms with Crippen LogP contribution in [-0.4, -0.2) is 73.0 Å². The van der Waals surface area contributed by atoms with Gasteiger partial charge < -0.3 is 19.6 Å². The van der Waals surface area contributed by atoms with E-state index in [4.69, 9.17) is 0 Å². The van der Waals surface area contributed by atoms with Crippen LogP contribution in [-0.2, 0) is 11.0 Å². The number of nitro benzene ring substituents is 2. The Balaban J connectivity index is 1.51. The van der Waals surface area contributed by atoms with Crippen molar-refractivity contribution in [2.45, 2.75) is 20.0 Å². The molecule has 11 nitrogen and oxygen atoms in total. The number of alkyl halides is 3. The van der Waals surface area contributed by atoms with Gasteiger partial charge in [-0.05, 0) is 24.3 Å². The van der Waals surface area contributed by atoms with Crippen molar-refractivity contribution in [1.82, 2.24) is 4.90 Å². The number of nitro groups is 2. The summed E-state index contributed by atoms with van der Waals surface area (Å²) in [5, 5.41) is 23.3. The molecule has 2 fully saturated rings. The highest BCUT2D eigenvalue weighted by atomic mass is 19.4. The molecule has 2 aliphatic heterocycles. The number of hydrogen-bond donors (Lipinski definition) is 0. The maximum absolute atomic E-state index is 13.1. The number of anilines is 3. The SMILES string of the molecule is CC(C)C(=O)N1CCN(c2ccc([N+](=O)[O-])c(N3CCN(c4ccc(C(F)(F)F)cc4[N+](=O)[O-])CC3)c2)CC1. The summed E-state index contributed by atoms with van der Waals surface area (Å²) >= 11 is 0. The molecule has 2 aromatic rings. The minimum atomic E-state index is -4.71. The Hall–Kier alpha value is -4.10. The summed E-state index contributed by atoms with van der Waals surface area (Å²) in [5.74, 6) is -0.00426. The standard InChI is InChI=1S/C25H29F3N6O5/c1-17(2)24(35)32-13-7-29(8-14-32)19-4-6-21(33(36)37)22(16-19)31-11-9-30(10-12-31)20-5-3-18(25(26,27)28)15-23(20)34(38)39/h3-6,15-17H,7-14H2,1-2H3. The smallest absolute Gasteiger partial charge is 0.368 e. The van der Waals surface area contributed by atoms with Gasteiger partial charge in [-0.1, -0.05) is 13.8 Å². The van der Waals surface area contributed by atoms with Crippen LogP contribution in [0.5, 0.6) is 0 Å². The predicted octanol–water partition coefficient (Wildman–Crippen LogP) is 4.15.